The van der Waals surface area contributed by atoms with E-state index in [0.717, 1.165) is 12.1 Å². The monoisotopic (exact) mass is 620 g/mol. The summed E-state index contributed by atoms with van der Waals surface area (Å²) >= 11 is 5.97. The predicted molar refractivity (Wildman–Crippen MR) is 146 cm³/mol. The van der Waals surface area contributed by atoms with Crippen LogP contribution in [0.25, 0.3) is 0 Å². The first-order valence-electron chi connectivity index (χ1n) is 12.5. The zero-order valence-corrected chi connectivity index (χ0v) is 24.4. The average Bonchev–Trinajstić information content (AvgIpc) is 2.86. The van der Waals surface area contributed by atoms with Crippen LogP contribution < -0.4 is 4.72 Å². The van der Waals surface area contributed by atoms with Crippen molar-refractivity contribution >= 4 is 37.6 Å². The van der Waals surface area contributed by atoms with E-state index in [4.69, 9.17) is 11.6 Å². The van der Waals surface area contributed by atoms with Crippen LogP contribution in [0.5, 0.6) is 0 Å². The van der Waals surface area contributed by atoms with E-state index in [1.807, 2.05) is 4.90 Å². The molecule has 1 atom stereocenters. The van der Waals surface area contributed by atoms with Crippen LogP contribution in [0.2, 0.25) is 5.02 Å². The molecule has 4 rings (SSSR count). The van der Waals surface area contributed by atoms with Crippen molar-refractivity contribution in [2.75, 3.05) is 59.2 Å². The van der Waals surface area contributed by atoms with Crippen molar-refractivity contribution < 1.29 is 35.1 Å². The van der Waals surface area contributed by atoms with Gasteiger partial charge in [-0.1, -0.05) is 23.7 Å². The fraction of sp³-hybridized carbons (Fsp3) is 0.480. The second-order valence-corrected chi connectivity index (χ2v) is 14.2. The van der Waals surface area contributed by atoms with Crippen molar-refractivity contribution in [2.45, 2.75) is 17.8 Å². The summed E-state index contributed by atoms with van der Waals surface area (Å²) < 4.78 is 87.3. The van der Waals surface area contributed by atoms with E-state index in [-0.39, 0.29) is 40.8 Å². The zero-order valence-electron chi connectivity index (χ0n) is 22.0. The summed E-state index contributed by atoms with van der Waals surface area (Å²) in [6.07, 6.45) is 1.18. The second-order valence-electron chi connectivity index (χ2n) is 9.90. The Balaban J connectivity index is 1.45. The van der Waals surface area contributed by atoms with Gasteiger partial charge in [-0.25, -0.2) is 35.1 Å². The standard InChI is InChI=1S/C25H31ClF2N4O6S2/c1-38-25(33)18-3-4-19(23(28)12-18)13-29-40(36,37)24(17-5-6-22(27)21(26)11-17)16-30-7-9-31(10-8-30)20-14-32(15-20)39(2,34)35/h3-6,11-12,20,24,29H,7-10,13-16H2,1-2H3. The fourth-order valence-corrected chi connectivity index (χ4v) is 7.32. The summed E-state index contributed by atoms with van der Waals surface area (Å²) in [6.45, 7) is 2.92. The zero-order chi connectivity index (χ0) is 29.2. The molecule has 0 saturated carbocycles. The normalized spacial score (nSPS) is 18.8. The Labute approximate surface area is 237 Å². The van der Waals surface area contributed by atoms with Crippen LogP contribution in [0.4, 0.5) is 8.78 Å². The molecule has 10 nitrogen and oxygen atoms in total. The molecule has 2 heterocycles. The molecule has 0 spiro atoms. The summed E-state index contributed by atoms with van der Waals surface area (Å²) in [5.41, 5.74) is 0.311. The highest BCUT2D eigenvalue weighted by molar-refractivity contribution is 7.89. The number of hydrogen-bond acceptors (Lipinski definition) is 8. The lowest BCUT2D eigenvalue weighted by Crippen LogP contribution is -2.64. The van der Waals surface area contributed by atoms with E-state index >= 15 is 0 Å². The Morgan fingerprint density at radius 1 is 1.05 bits per heavy atom. The number of sulfonamides is 2. The van der Waals surface area contributed by atoms with Crippen molar-refractivity contribution in [1.29, 1.82) is 0 Å². The first kappa shape index (κ1) is 30.8. The van der Waals surface area contributed by atoms with Crippen LogP contribution in [-0.2, 0) is 31.3 Å². The maximum Gasteiger partial charge on any atom is 0.337 e. The van der Waals surface area contributed by atoms with Crippen molar-refractivity contribution in [1.82, 2.24) is 18.8 Å². The Morgan fingerprint density at radius 3 is 2.30 bits per heavy atom. The topological polar surface area (TPSA) is 116 Å². The summed E-state index contributed by atoms with van der Waals surface area (Å²) in [7, 11) is -6.16. The van der Waals surface area contributed by atoms with Crippen LogP contribution in [0.3, 0.4) is 0 Å². The molecule has 0 radical (unpaired) electrons. The Kier molecular flexibility index (Phi) is 9.49. The number of ether oxygens (including phenoxy) is 1. The number of methoxy groups -OCH3 is 1. The molecule has 2 aliphatic rings. The van der Waals surface area contributed by atoms with Gasteiger partial charge in [-0.3, -0.25) is 9.80 Å². The molecule has 2 aromatic rings. The lowest BCUT2D eigenvalue weighted by Gasteiger charge is -2.47. The van der Waals surface area contributed by atoms with E-state index in [1.54, 1.807) is 0 Å². The van der Waals surface area contributed by atoms with Gasteiger partial charge in [0.25, 0.3) is 0 Å². The molecular weight excluding hydrogens is 590 g/mol. The predicted octanol–water partition coefficient (Wildman–Crippen LogP) is 1.83. The van der Waals surface area contributed by atoms with E-state index in [1.165, 1.54) is 41.9 Å². The Bertz CT molecular complexity index is 1460. The van der Waals surface area contributed by atoms with Gasteiger partial charge in [0.2, 0.25) is 20.0 Å². The van der Waals surface area contributed by atoms with Crippen LogP contribution >= 0.6 is 11.6 Å². The van der Waals surface area contributed by atoms with Crippen LogP contribution in [0.1, 0.15) is 26.7 Å². The molecule has 1 N–H and O–H groups in total. The highest BCUT2D eigenvalue weighted by atomic mass is 35.5. The number of benzene rings is 2. The van der Waals surface area contributed by atoms with Gasteiger partial charge in [0.05, 0.1) is 24.0 Å². The quantitative estimate of drug-likeness (QED) is 0.400. The minimum absolute atomic E-state index is 0.00416. The third-order valence-electron chi connectivity index (χ3n) is 7.27. The summed E-state index contributed by atoms with van der Waals surface area (Å²) in [4.78, 5) is 15.8. The van der Waals surface area contributed by atoms with Crippen LogP contribution in [0, 0.1) is 11.6 Å². The summed E-state index contributed by atoms with van der Waals surface area (Å²) in [6, 6.07) is 7.48. The van der Waals surface area contributed by atoms with Gasteiger partial charge in [-0.2, -0.15) is 4.31 Å². The highest BCUT2D eigenvalue weighted by Crippen LogP contribution is 2.28. The third kappa shape index (κ3) is 7.16. The van der Waals surface area contributed by atoms with Gasteiger partial charge in [-0.05, 0) is 29.8 Å². The number of rotatable bonds is 10. The van der Waals surface area contributed by atoms with Gasteiger partial charge in [0.1, 0.15) is 16.9 Å². The fourth-order valence-electron chi connectivity index (χ4n) is 4.77. The molecule has 2 saturated heterocycles. The van der Waals surface area contributed by atoms with Gasteiger partial charge in [-0.15, -0.1) is 0 Å². The maximum atomic E-state index is 14.6. The Morgan fingerprint density at radius 2 is 1.73 bits per heavy atom. The number of nitrogens with zero attached hydrogens (tertiary/aromatic N) is 3. The van der Waals surface area contributed by atoms with Gasteiger partial charge >= 0.3 is 5.97 Å². The molecule has 2 aliphatic heterocycles. The van der Waals surface area contributed by atoms with E-state index in [9.17, 15) is 30.4 Å². The van der Waals surface area contributed by atoms with Crippen molar-refractivity contribution in [3.05, 3.63) is 69.7 Å². The summed E-state index contributed by atoms with van der Waals surface area (Å²) in [5, 5.41) is -1.36. The lowest BCUT2D eigenvalue weighted by atomic mass is 10.1. The molecule has 220 valence electrons. The molecule has 0 bridgehead atoms. The van der Waals surface area contributed by atoms with Crippen molar-refractivity contribution in [3.8, 4) is 0 Å². The van der Waals surface area contributed by atoms with Crippen molar-refractivity contribution in [3.63, 3.8) is 0 Å². The molecular formula is C25H31ClF2N4O6S2. The SMILES string of the molecule is COC(=O)c1ccc(CNS(=O)(=O)C(CN2CCN(C3CN(S(C)(=O)=O)C3)CC2)c2ccc(F)c(Cl)c2)c(F)c1. The van der Waals surface area contributed by atoms with E-state index in [2.05, 4.69) is 14.4 Å². The molecule has 15 heteroatoms. The van der Waals surface area contributed by atoms with Crippen LogP contribution in [0.15, 0.2) is 36.4 Å². The van der Waals surface area contributed by atoms with Crippen molar-refractivity contribution in [2.24, 2.45) is 0 Å². The van der Waals surface area contributed by atoms with Crippen LogP contribution in [-0.4, -0.2) is 102 Å². The molecule has 0 aliphatic carbocycles. The highest BCUT2D eigenvalue weighted by Gasteiger charge is 2.38. The first-order valence-corrected chi connectivity index (χ1v) is 16.3. The smallest absolute Gasteiger partial charge is 0.337 e. The minimum Gasteiger partial charge on any atom is -0.465 e. The average molecular weight is 621 g/mol. The van der Waals surface area contributed by atoms with Gasteiger partial charge in [0, 0.05) is 64.0 Å². The maximum absolute atomic E-state index is 14.6. The molecule has 0 aromatic heterocycles. The minimum atomic E-state index is -4.12. The number of esters is 1. The number of carbonyl (C=O) groups is 1. The third-order valence-corrected chi connectivity index (χ3v) is 10.5. The first-order chi connectivity index (χ1) is 18.8. The second kappa shape index (κ2) is 12.3. The molecule has 1 unspecified atom stereocenters. The Hall–Kier alpha value is -2.20. The number of hydrogen-bond donors (Lipinski definition) is 1. The van der Waals surface area contributed by atoms with Gasteiger partial charge in [0.15, 0.2) is 0 Å². The molecule has 0 amide bonds. The lowest BCUT2D eigenvalue weighted by molar-refractivity contribution is 0.0411. The molecule has 2 fully saturated rings. The van der Waals surface area contributed by atoms with Gasteiger partial charge < -0.3 is 4.74 Å². The largest absolute Gasteiger partial charge is 0.465 e. The summed E-state index contributed by atoms with van der Waals surface area (Å²) in [5.74, 6) is -2.17. The number of piperazine rings is 1. The molecule has 40 heavy (non-hydrogen) atoms. The number of halogens is 3. The van der Waals surface area contributed by atoms with E-state index < -0.39 is 42.9 Å². The van der Waals surface area contributed by atoms with E-state index in [0.29, 0.717) is 39.3 Å². The number of nitrogens with one attached hydrogen (secondary N) is 1. The number of carbonyl (C=O) groups excluding carboxylic acids is 1. The molecule has 2 aromatic carbocycles.